The van der Waals surface area contributed by atoms with Crippen LogP contribution < -0.4 is 16.7 Å². The lowest BCUT2D eigenvalue weighted by Crippen LogP contribution is -2.21. The highest BCUT2D eigenvalue weighted by atomic mass is 16.1. The summed E-state index contributed by atoms with van der Waals surface area (Å²) in [6.07, 6.45) is 5.04. The maximum atomic E-state index is 12.6. The van der Waals surface area contributed by atoms with E-state index >= 15 is 0 Å². The van der Waals surface area contributed by atoms with Gasteiger partial charge in [-0.3, -0.25) is 19.1 Å². The van der Waals surface area contributed by atoms with Crippen LogP contribution in [0.3, 0.4) is 0 Å². The van der Waals surface area contributed by atoms with Crippen LogP contribution in [0.25, 0.3) is 22.4 Å². The Bertz CT molecular complexity index is 1320. The molecule has 0 atom stereocenters. The average molecular weight is 415 g/mol. The number of hydrogen-bond donors (Lipinski definition) is 2. The van der Waals surface area contributed by atoms with Crippen LogP contribution in [0.15, 0.2) is 65.8 Å². The summed E-state index contributed by atoms with van der Waals surface area (Å²) in [6, 6.07) is 14.1. The van der Waals surface area contributed by atoms with E-state index in [2.05, 4.69) is 21.4 Å². The molecule has 2 heterocycles. The molecule has 3 N–H and O–H groups in total. The molecule has 0 amide bonds. The Morgan fingerprint density at radius 2 is 1.94 bits per heavy atom. The second-order valence-corrected chi connectivity index (χ2v) is 7.50. The summed E-state index contributed by atoms with van der Waals surface area (Å²) in [5.74, 6) is 0. The third-order valence-electron chi connectivity index (χ3n) is 5.41. The molecule has 0 radical (unpaired) electrons. The van der Waals surface area contributed by atoms with Crippen LogP contribution in [0.4, 0.5) is 0 Å². The van der Waals surface area contributed by atoms with Gasteiger partial charge in [-0.2, -0.15) is 0 Å². The van der Waals surface area contributed by atoms with Crippen LogP contribution >= 0.6 is 0 Å². The minimum atomic E-state index is -0.0284. The lowest BCUT2D eigenvalue weighted by atomic mass is 10.0. The summed E-state index contributed by atoms with van der Waals surface area (Å²) in [5, 5.41) is 3.45. The van der Waals surface area contributed by atoms with Crippen molar-refractivity contribution in [3.05, 3.63) is 93.9 Å². The monoisotopic (exact) mass is 414 g/mol. The summed E-state index contributed by atoms with van der Waals surface area (Å²) >= 11 is 0. The van der Waals surface area contributed by atoms with E-state index in [1.807, 2.05) is 50.2 Å². The molecule has 0 aliphatic carbocycles. The van der Waals surface area contributed by atoms with Crippen molar-refractivity contribution in [2.45, 2.75) is 26.9 Å². The van der Waals surface area contributed by atoms with Gasteiger partial charge in [-0.15, -0.1) is 0 Å². The van der Waals surface area contributed by atoms with Gasteiger partial charge >= 0.3 is 5.69 Å². The Morgan fingerprint density at radius 1 is 1.10 bits per heavy atom. The van der Waals surface area contributed by atoms with Gasteiger partial charge < -0.3 is 11.1 Å². The standard InChI is InChI=1S/C24H26N6O/c1-4-30-20-9-8-18(13-21(20)29(3)24(30)31)23(28-15-19-14-26-10-11-27-19)22(25)17-7-5-6-16(2)12-17/h5-14,28H,4,15,25H2,1-3H3/b23-22-. The topological polar surface area (TPSA) is 90.8 Å². The number of nitrogens with zero attached hydrogens (tertiary/aromatic N) is 4. The highest BCUT2D eigenvalue weighted by Gasteiger charge is 2.14. The number of imidazole rings is 1. The van der Waals surface area contributed by atoms with Gasteiger partial charge in [0.15, 0.2) is 0 Å². The van der Waals surface area contributed by atoms with Gasteiger partial charge in [-0.05, 0) is 37.6 Å². The fourth-order valence-electron chi connectivity index (χ4n) is 3.78. The third-order valence-corrected chi connectivity index (χ3v) is 5.41. The molecule has 0 saturated heterocycles. The summed E-state index contributed by atoms with van der Waals surface area (Å²) in [6.45, 7) is 5.11. The highest BCUT2D eigenvalue weighted by molar-refractivity contribution is 5.91. The molecule has 2 aromatic carbocycles. The van der Waals surface area contributed by atoms with Crippen LogP contribution in [0.5, 0.6) is 0 Å². The normalized spacial score (nSPS) is 12.1. The second-order valence-electron chi connectivity index (χ2n) is 7.50. The van der Waals surface area contributed by atoms with Crippen molar-refractivity contribution in [1.29, 1.82) is 0 Å². The van der Waals surface area contributed by atoms with E-state index < -0.39 is 0 Å². The van der Waals surface area contributed by atoms with Crippen LogP contribution in [0.1, 0.15) is 29.3 Å². The quantitative estimate of drug-likeness (QED) is 0.473. The van der Waals surface area contributed by atoms with E-state index in [9.17, 15) is 4.79 Å². The minimum Gasteiger partial charge on any atom is -0.397 e. The van der Waals surface area contributed by atoms with Crippen molar-refractivity contribution in [3.63, 3.8) is 0 Å². The minimum absolute atomic E-state index is 0.0284. The molecule has 0 aliphatic heterocycles. The predicted molar refractivity (Wildman–Crippen MR) is 124 cm³/mol. The lowest BCUT2D eigenvalue weighted by Gasteiger charge is -2.16. The van der Waals surface area contributed by atoms with E-state index in [0.29, 0.717) is 18.8 Å². The largest absolute Gasteiger partial charge is 0.397 e. The molecule has 4 rings (SSSR count). The van der Waals surface area contributed by atoms with Gasteiger partial charge in [0.05, 0.1) is 40.9 Å². The summed E-state index contributed by atoms with van der Waals surface area (Å²) < 4.78 is 3.44. The smallest absolute Gasteiger partial charge is 0.328 e. The Labute approximate surface area is 180 Å². The van der Waals surface area contributed by atoms with Gasteiger partial charge in [-0.25, -0.2) is 4.79 Å². The zero-order chi connectivity index (χ0) is 22.0. The van der Waals surface area contributed by atoms with Crippen molar-refractivity contribution in [2.75, 3.05) is 0 Å². The zero-order valence-electron chi connectivity index (χ0n) is 18.0. The number of rotatable bonds is 6. The van der Waals surface area contributed by atoms with E-state index in [1.54, 1.807) is 34.8 Å². The number of hydrogen-bond acceptors (Lipinski definition) is 5. The first-order chi connectivity index (χ1) is 15.0. The number of fused-ring (bicyclic) bond motifs is 1. The first-order valence-electron chi connectivity index (χ1n) is 10.2. The molecule has 31 heavy (non-hydrogen) atoms. The maximum absolute atomic E-state index is 12.6. The van der Waals surface area contributed by atoms with Crippen molar-refractivity contribution in [1.82, 2.24) is 24.4 Å². The molecule has 158 valence electrons. The molecule has 0 spiro atoms. The molecular formula is C24H26N6O. The lowest BCUT2D eigenvalue weighted by molar-refractivity contribution is 0.712. The van der Waals surface area contributed by atoms with Gasteiger partial charge in [0.1, 0.15) is 0 Å². The first-order valence-corrected chi connectivity index (χ1v) is 10.2. The van der Waals surface area contributed by atoms with E-state index in [4.69, 9.17) is 5.73 Å². The Kier molecular flexibility index (Phi) is 5.58. The zero-order valence-corrected chi connectivity index (χ0v) is 18.0. The molecule has 7 heteroatoms. The second kappa shape index (κ2) is 8.47. The SMILES string of the molecule is CCn1c(=O)n(C)c2cc(/C(NCc3cnccn3)=C(/N)c3cccc(C)c3)ccc21. The average Bonchev–Trinajstić information content (AvgIpc) is 3.03. The number of nitrogens with one attached hydrogen (secondary N) is 1. The van der Waals surface area contributed by atoms with Gasteiger partial charge in [0.2, 0.25) is 0 Å². The molecule has 0 saturated carbocycles. The number of benzene rings is 2. The van der Waals surface area contributed by atoms with E-state index in [1.165, 1.54) is 0 Å². The summed E-state index contributed by atoms with van der Waals surface area (Å²) in [7, 11) is 1.79. The van der Waals surface area contributed by atoms with Gasteiger partial charge in [0.25, 0.3) is 0 Å². The van der Waals surface area contributed by atoms with Crippen molar-refractivity contribution < 1.29 is 0 Å². The van der Waals surface area contributed by atoms with E-state index in [-0.39, 0.29) is 5.69 Å². The fraction of sp³-hybridized carbons (Fsp3) is 0.208. The van der Waals surface area contributed by atoms with Crippen LogP contribution in [-0.2, 0) is 20.1 Å². The van der Waals surface area contributed by atoms with Crippen LogP contribution in [0.2, 0.25) is 0 Å². The molecule has 0 bridgehead atoms. The molecule has 0 unspecified atom stereocenters. The Hall–Kier alpha value is -3.87. The Morgan fingerprint density at radius 3 is 2.65 bits per heavy atom. The predicted octanol–water partition coefficient (Wildman–Crippen LogP) is 3.03. The van der Waals surface area contributed by atoms with Crippen molar-refractivity contribution in [2.24, 2.45) is 12.8 Å². The molecular weight excluding hydrogens is 388 g/mol. The number of aryl methyl sites for hydroxylation is 3. The van der Waals surface area contributed by atoms with Crippen LogP contribution in [-0.4, -0.2) is 19.1 Å². The maximum Gasteiger partial charge on any atom is 0.328 e. The molecule has 7 nitrogen and oxygen atoms in total. The fourth-order valence-corrected chi connectivity index (χ4v) is 3.78. The van der Waals surface area contributed by atoms with Gasteiger partial charge in [-0.1, -0.05) is 29.8 Å². The Balaban J connectivity index is 1.84. The van der Waals surface area contributed by atoms with E-state index in [0.717, 1.165) is 39.1 Å². The molecule has 0 fully saturated rings. The van der Waals surface area contributed by atoms with Crippen molar-refractivity contribution in [3.8, 4) is 0 Å². The summed E-state index contributed by atoms with van der Waals surface area (Å²) in [4.78, 5) is 21.0. The summed E-state index contributed by atoms with van der Waals surface area (Å²) in [5.41, 5.74) is 13.6. The van der Waals surface area contributed by atoms with Crippen molar-refractivity contribution >= 4 is 22.4 Å². The molecule has 2 aromatic heterocycles. The first kappa shape index (κ1) is 20.4. The number of nitrogens with two attached hydrogens (primary N) is 1. The number of aromatic nitrogens is 4. The highest BCUT2D eigenvalue weighted by Crippen LogP contribution is 2.25. The molecule has 0 aliphatic rings. The third kappa shape index (κ3) is 3.94. The van der Waals surface area contributed by atoms with Gasteiger partial charge in [0, 0.05) is 31.5 Å². The van der Waals surface area contributed by atoms with Crippen LogP contribution in [0, 0.1) is 6.92 Å². The molecule has 4 aromatic rings.